The molecule has 0 rings (SSSR count). The second kappa shape index (κ2) is 6.76. The Hall–Kier alpha value is -0.883. The van der Waals surface area contributed by atoms with E-state index in [1.54, 1.807) is 9.13 Å². The molecule has 0 aliphatic heterocycles. The van der Waals surface area contributed by atoms with Gasteiger partial charge >= 0.3 is 8.64 Å². The summed E-state index contributed by atoms with van der Waals surface area (Å²) in [5, 5.41) is 0. The van der Waals surface area contributed by atoms with Crippen LogP contribution in [0.4, 0.5) is 0 Å². The van der Waals surface area contributed by atoms with Crippen LogP contribution in [0.3, 0.4) is 0 Å². The number of nitrogens with zero attached hydrogens (tertiary/aromatic N) is 2. The molecule has 0 aromatic carbocycles. The third kappa shape index (κ3) is 3.54. The minimum Gasteiger partial charge on any atom is -0.383 e. The highest BCUT2D eigenvalue weighted by Gasteiger charge is 2.46. The number of carbonyl (C=O) groups is 2. The fraction of sp³-hybridized carbons (Fsp3) is 0.818. The lowest BCUT2D eigenvalue weighted by molar-refractivity contribution is -0.128. The summed E-state index contributed by atoms with van der Waals surface area (Å²) in [5.74, 6) is -0.0929. The standard InChI is InChI=1S/C11H24N2O3Si/c1-7-12(10(4)14)17(6,16-9-3)13(8-2)11(5)15/h7-9H2,1-6H3. The van der Waals surface area contributed by atoms with Gasteiger partial charge in [0.2, 0.25) is 11.8 Å². The van der Waals surface area contributed by atoms with Crippen molar-refractivity contribution in [2.24, 2.45) is 0 Å². The minimum atomic E-state index is -2.67. The van der Waals surface area contributed by atoms with Crippen LogP contribution < -0.4 is 0 Å². The predicted molar refractivity (Wildman–Crippen MR) is 69.4 cm³/mol. The topological polar surface area (TPSA) is 49.9 Å². The summed E-state index contributed by atoms with van der Waals surface area (Å²) >= 11 is 0. The zero-order valence-electron chi connectivity index (χ0n) is 11.7. The van der Waals surface area contributed by atoms with Crippen LogP contribution in [0.15, 0.2) is 0 Å². The highest BCUT2D eigenvalue weighted by molar-refractivity contribution is 6.71. The van der Waals surface area contributed by atoms with Gasteiger partial charge < -0.3 is 13.6 Å². The average Bonchev–Trinajstić information content (AvgIpc) is 2.18. The van der Waals surface area contributed by atoms with Crippen molar-refractivity contribution in [3.63, 3.8) is 0 Å². The van der Waals surface area contributed by atoms with Crippen molar-refractivity contribution >= 4 is 20.5 Å². The molecular weight excluding hydrogens is 236 g/mol. The Labute approximate surface area is 105 Å². The third-order valence-corrected chi connectivity index (χ3v) is 6.91. The third-order valence-electron chi connectivity index (χ3n) is 2.81. The Morgan fingerprint density at radius 2 is 1.35 bits per heavy atom. The number of carbonyl (C=O) groups excluding carboxylic acids is 2. The van der Waals surface area contributed by atoms with Crippen LogP contribution in [-0.2, 0) is 14.0 Å². The highest BCUT2D eigenvalue weighted by Crippen LogP contribution is 2.18. The smallest absolute Gasteiger partial charge is 0.383 e. The van der Waals surface area contributed by atoms with Crippen LogP contribution in [0.2, 0.25) is 6.55 Å². The maximum absolute atomic E-state index is 11.7. The monoisotopic (exact) mass is 260 g/mol. The normalized spacial score (nSPS) is 11.2. The molecule has 0 atom stereocenters. The first kappa shape index (κ1) is 16.1. The molecule has 0 aliphatic rings. The van der Waals surface area contributed by atoms with E-state index in [9.17, 15) is 9.59 Å². The van der Waals surface area contributed by atoms with Gasteiger partial charge in [-0.3, -0.25) is 9.59 Å². The zero-order valence-corrected chi connectivity index (χ0v) is 12.7. The lowest BCUT2D eigenvalue weighted by Gasteiger charge is -2.43. The van der Waals surface area contributed by atoms with E-state index < -0.39 is 8.64 Å². The summed E-state index contributed by atoms with van der Waals surface area (Å²) in [5.41, 5.74) is 0. The summed E-state index contributed by atoms with van der Waals surface area (Å²) in [4.78, 5) is 23.4. The quantitative estimate of drug-likeness (QED) is 0.677. The maximum Gasteiger partial charge on any atom is 0.420 e. The summed E-state index contributed by atoms with van der Waals surface area (Å²) in [6, 6.07) is 0. The van der Waals surface area contributed by atoms with E-state index in [2.05, 4.69) is 0 Å². The Balaban J connectivity index is 5.37. The Morgan fingerprint density at radius 1 is 1.00 bits per heavy atom. The molecule has 0 saturated carbocycles. The molecule has 2 amide bonds. The van der Waals surface area contributed by atoms with E-state index in [1.807, 2.05) is 27.3 Å². The number of hydrogen-bond acceptors (Lipinski definition) is 3. The van der Waals surface area contributed by atoms with Crippen molar-refractivity contribution in [2.75, 3.05) is 19.7 Å². The Bertz CT molecular complexity index is 262. The van der Waals surface area contributed by atoms with Crippen LogP contribution in [0.25, 0.3) is 0 Å². The molecule has 0 aliphatic carbocycles. The van der Waals surface area contributed by atoms with Crippen molar-refractivity contribution in [3.8, 4) is 0 Å². The van der Waals surface area contributed by atoms with Gasteiger partial charge in [-0.15, -0.1) is 0 Å². The van der Waals surface area contributed by atoms with Crippen molar-refractivity contribution in [1.82, 2.24) is 9.13 Å². The van der Waals surface area contributed by atoms with Crippen LogP contribution in [-0.4, -0.2) is 49.3 Å². The predicted octanol–water partition coefficient (Wildman–Crippen LogP) is 1.33. The van der Waals surface area contributed by atoms with Gasteiger partial charge in [0.1, 0.15) is 0 Å². The van der Waals surface area contributed by atoms with E-state index in [1.165, 1.54) is 13.8 Å². The molecule has 5 nitrogen and oxygen atoms in total. The molecule has 100 valence electrons. The van der Waals surface area contributed by atoms with Crippen LogP contribution in [0, 0.1) is 0 Å². The Morgan fingerprint density at radius 3 is 1.53 bits per heavy atom. The van der Waals surface area contributed by atoms with Crippen molar-refractivity contribution in [3.05, 3.63) is 0 Å². The summed E-state index contributed by atoms with van der Waals surface area (Å²) in [7, 11) is -2.67. The lowest BCUT2D eigenvalue weighted by Crippen LogP contribution is -2.68. The van der Waals surface area contributed by atoms with Crippen LogP contribution >= 0.6 is 0 Å². The summed E-state index contributed by atoms with van der Waals surface area (Å²) in [6.45, 7) is 12.2. The molecule has 0 heterocycles. The largest absolute Gasteiger partial charge is 0.420 e. The van der Waals surface area contributed by atoms with Gasteiger partial charge in [0, 0.05) is 33.5 Å². The van der Waals surface area contributed by atoms with Gasteiger partial charge in [-0.05, 0) is 27.3 Å². The molecule has 0 aromatic rings. The first-order chi connectivity index (χ1) is 7.84. The van der Waals surface area contributed by atoms with Gasteiger partial charge in [-0.25, -0.2) is 0 Å². The summed E-state index contributed by atoms with van der Waals surface area (Å²) in [6.07, 6.45) is 0. The van der Waals surface area contributed by atoms with Crippen LogP contribution in [0.5, 0.6) is 0 Å². The SMILES string of the molecule is CCO[Si](C)(N(CC)C(C)=O)N(CC)C(C)=O. The van der Waals surface area contributed by atoms with E-state index in [-0.39, 0.29) is 11.8 Å². The zero-order chi connectivity index (χ0) is 13.6. The molecule has 0 fully saturated rings. The molecule has 0 spiro atoms. The Kier molecular flexibility index (Phi) is 6.40. The summed E-state index contributed by atoms with van der Waals surface area (Å²) < 4.78 is 9.20. The lowest BCUT2D eigenvalue weighted by atomic mass is 10.6. The first-order valence-electron chi connectivity index (χ1n) is 6.05. The molecule has 0 saturated heterocycles. The average molecular weight is 260 g/mol. The van der Waals surface area contributed by atoms with Gasteiger partial charge in [0.15, 0.2) is 0 Å². The molecule has 6 heteroatoms. The second-order valence-corrected chi connectivity index (χ2v) is 7.13. The van der Waals surface area contributed by atoms with Crippen LogP contribution in [0.1, 0.15) is 34.6 Å². The molecule has 0 bridgehead atoms. The van der Waals surface area contributed by atoms with Crippen molar-refractivity contribution in [2.45, 2.75) is 41.2 Å². The van der Waals surface area contributed by atoms with Crippen molar-refractivity contribution < 1.29 is 14.0 Å². The van der Waals surface area contributed by atoms with E-state index >= 15 is 0 Å². The van der Waals surface area contributed by atoms with Crippen molar-refractivity contribution in [1.29, 1.82) is 0 Å². The number of hydrogen-bond donors (Lipinski definition) is 0. The molecule has 0 aromatic heterocycles. The highest BCUT2D eigenvalue weighted by atomic mass is 28.4. The molecule has 0 radical (unpaired) electrons. The van der Waals surface area contributed by atoms with Gasteiger partial charge in [0.05, 0.1) is 0 Å². The molecular formula is C11H24N2O3Si. The number of amides is 2. The second-order valence-electron chi connectivity index (χ2n) is 3.89. The van der Waals surface area contributed by atoms with Gasteiger partial charge in [-0.1, -0.05) is 0 Å². The van der Waals surface area contributed by atoms with E-state index in [0.29, 0.717) is 19.7 Å². The molecule has 17 heavy (non-hydrogen) atoms. The van der Waals surface area contributed by atoms with E-state index in [0.717, 1.165) is 0 Å². The first-order valence-corrected chi connectivity index (χ1v) is 8.35. The van der Waals surface area contributed by atoms with Gasteiger partial charge in [-0.2, -0.15) is 0 Å². The fourth-order valence-electron chi connectivity index (χ4n) is 2.19. The maximum atomic E-state index is 11.7. The fourth-order valence-corrected chi connectivity index (χ4v) is 5.68. The van der Waals surface area contributed by atoms with Gasteiger partial charge in [0.25, 0.3) is 0 Å². The molecule has 0 unspecified atom stereocenters. The number of rotatable bonds is 6. The molecule has 0 N–H and O–H groups in total. The van der Waals surface area contributed by atoms with E-state index in [4.69, 9.17) is 4.43 Å². The minimum absolute atomic E-state index is 0.0465.